The van der Waals surface area contributed by atoms with E-state index in [-0.39, 0.29) is 23.5 Å². The third-order valence-corrected chi connectivity index (χ3v) is 6.22. The van der Waals surface area contributed by atoms with E-state index in [0.29, 0.717) is 63.0 Å². The lowest BCUT2D eigenvalue weighted by atomic mass is 10.1. The fraction of sp³-hybridized carbons (Fsp3) is 0.478. The van der Waals surface area contributed by atoms with Gasteiger partial charge in [-0.25, -0.2) is 13.8 Å². The minimum atomic E-state index is -2.80. The number of aliphatic hydroxyl groups is 1. The van der Waals surface area contributed by atoms with Gasteiger partial charge < -0.3 is 24.4 Å². The largest absolute Gasteiger partial charge is 0.477 e. The minimum Gasteiger partial charge on any atom is -0.477 e. The molecule has 0 saturated carbocycles. The second kappa shape index (κ2) is 10.1. The van der Waals surface area contributed by atoms with E-state index < -0.39 is 18.9 Å². The third kappa shape index (κ3) is 4.89. The number of anilines is 1. The summed E-state index contributed by atoms with van der Waals surface area (Å²) in [7, 11) is 0. The number of imidazole rings is 1. The van der Waals surface area contributed by atoms with Crippen LogP contribution in [-0.2, 0) is 9.53 Å². The van der Waals surface area contributed by atoms with Gasteiger partial charge in [0.25, 0.3) is 6.43 Å². The Kier molecular flexibility index (Phi) is 6.73. The van der Waals surface area contributed by atoms with Crippen molar-refractivity contribution in [2.75, 3.05) is 57.5 Å². The van der Waals surface area contributed by atoms with Crippen molar-refractivity contribution in [1.82, 2.24) is 24.4 Å². The monoisotopic (exact) mass is 488 g/mol. The molecular weight excluding hydrogens is 462 g/mol. The van der Waals surface area contributed by atoms with Gasteiger partial charge in [-0.1, -0.05) is 12.1 Å². The first kappa shape index (κ1) is 23.4. The van der Waals surface area contributed by atoms with Crippen molar-refractivity contribution in [3.8, 4) is 11.7 Å². The van der Waals surface area contributed by atoms with Crippen molar-refractivity contribution < 1.29 is 28.2 Å². The number of para-hydroxylation sites is 2. The summed E-state index contributed by atoms with van der Waals surface area (Å²) in [5.74, 6) is 0.213. The molecular formula is C23H26F2N6O4. The van der Waals surface area contributed by atoms with Crippen LogP contribution in [-0.4, -0.2) is 88.0 Å². The summed E-state index contributed by atoms with van der Waals surface area (Å²) in [5, 5.41) is 9.09. The number of carbonyl (C=O) groups excluding carboxylic acids is 1. The van der Waals surface area contributed by atoms with Crippen molar-refractivity contribution in [2.24, 2.45) is 5.92 Å². The maximum Gasteiger partial charge on any atom is 0.296 e. The van der Waals surface area contributed by atoms with Crippen molar-refractivity contribution in [3.05, 3.63) is 36.2 Å². The van der Waals surface area contributed by atoms with E-state index >= 15 is 0 Å². The molecule has 0 radical (unpaired) electrons. The Morgan fingerprint density at radius 1 is 1.17 bits per heavy atom. The zero-order chi connectivity index (χ0) is 24.4. The van der Waals surface area contributed by atoms with Gasteiger partial charge in [0.1, 0.15) is 12.4 Å². The quantitative estimate of drug-likeness (QED) is 0.537. The van der Waals surface area contributed by atoms with E-state index in [1.165, 1.54) is 10.6 Å². The summed E-state index contributed by atoms with van der Waals surface area (Å²) in [6.45, 7) is 2.97. The van der Waals surface area contributed by atoms with E-state index in [9.17, 15) is 13.6 Å². The Labute approximate surface area is 200 Å². The van der Waals surface area contributed by atoms with Crippen LogP contribution in [0.1, 0.15) is 18.7 Å². The van der Waals surface area contributed by atoms with Crippen LogP contribution in [0.25, 0.3) is 16.9 Å². The van der Waals surface area contributed by atoms with Crippen LogP contribution in [0.2, 0.25) is 0 Å². The Bertz CT molecular complexity index is 1200. The number of fused-ring (bicyclic) bond motifs is 1. The number of benzene rings is 1. The topological polar surface area (TPSA) is 106 Å². The number of aliphatic hydroxyl groups excluding tert-OH is 1. The van der Waals surface area contributed by atoms with Crippen molar-refractivity contribution in [1.29, 1.82) is 0 Å². The molecule has 0 spiro atoms. The maximum absolute atomic E-state index is 14.0. The number of hydrogen-bond acceptors (Lipinski definition) is 8. The molecule has 2 aliphatic rings. The van der Waals surface area contributed by atoms with Crippen molar-refractivity contribution in [2.45, 2.75) is 12.8 Å². The highest BCUT2D eigenvalue weighted by Crippen LogP contribution is 2.30. The number of hydrogen-bond donors (Lipinski definition) is 1. The van der Waals surface area contributed by atoms with Crippen LogP contribution in [0, 0.1) is 5.92 Å². The lowest BCUT2D eigenvalue weighted by Gasteiger charge is -2.27. The highest BCUT2D eigenvalue weighted by Gasteiger charge is 2.27. The van der Waals surface area contributed by atoms with Gasteiger partial charge in [0.2, 0.25) is 17.7 Å². The van der Waals surface area contributed by atoms with Gasteiger partial charge >= 0.3 is 0 Å². The van der Waals surface area contributed by atoms with Gasteiger partial charge in [0.05, 0.1) is 30.9 Å². The molecule has 0 bridgehead atoms. The van der Waals surface area contributed by atoms with Crippen LogP contribution in [0.15, 0.2) is 30.3 Å². The maximum atomic E-state index is 14.0. The molecule has 2 fully saturated rings. The molecule has 3 aromatic rings. The van der Waals surface area contributed by atoms with Gasteiger partial charge in [0, 0.05) is 38.2 Å². The summed E-state index contributed by atoms with van der Waals surface area (Å²) in [6.07, 6.45) is -2.07. The number of nitrogens with zero attached hydrogens (tertiary/aromatic N) is 6. The Balaban J connectivity index is 1.48. The zero-order valence-corrected chi connectivity index (χ0v) is 19.0. The minimum absolute atomic E-state index is 0.0708. The molecule has 0 aliphatic carbocycles. The smallest absolute Gasteiger partial charge is 0.296 e. The van der Waals surface area contributed by atoms with Crippen LogP contribution in [0.4, 0.5) is 14.7 Å². The molecule has 2 saturated heterocycles. The number of likely N-dealkylation sites (tertiary alicyclic amines) is 1. The molecule has 186 valence electrons. The SMILES string of the molecule is O=C(CO)N1CC[C@H](COc2cc(-n3c(C(F)F)nc4ccccc43)nc(N3CCOCC3)n2)C1. The summed E-state index contributed by atoms with van der Waals surface area (Å²) in [6, 6.07) is 8.44. The van der Waals surface area contributed by atoms with Crippen molar-refractivity contribution >= 4 is 22.9 Å². The summed E-state index contributed by atoms with van der Waals surface area (Å²) in [4.78, 5) is 28.6. The van der Waals surface area contributed by atoms with Crippen LogP contribution in [0.3, 0.4) is 0 Å². The first-order chi connectivity index (χ1) is 17.0. The van der Waals surface area contributed by atoms with E-state index in [4.69, 9.17) is 14.6 Å². The number of carbonyl (C=O) groups is 1. The highest BCUT2D eigenvalue weighted by molar-refractivity contribution is 5.78. The predicted octanol–water partition coefficient (Wildman–Crippen LogP) is 1.81. The summed E-state index contributed by atoms with van der Waals surface area (Å²) < 4.78 is 40.7. The zero-order valence-electron chi connectivity index (χ0n) is 19.0. The van der Waals surface area contributed by atoms with Gasteiger partial charge in [-0.2, -0.15) is 9.97 Å². The first-order valence-corrected chi connectivity index (χ1v) is 11.5. The van der Waals surface area contributed by atoms with E-state index in [0.717, 1.165) is 6.42 Å². The number of halogens is 2. The Morgan fingerprint density at radius 2 is 1.97 bits per heavy atom. The number of alkyl halides is 2. The van der Waals surface area contributed by atoms with Gasteiger partial charge in [-0.15, -0.1) is 0 Å². The molecule has 5 rings (SSSR count). The van der Waals surface area contributed by atoms with Gasteiger partial charge in [0.15, 0.2) is 5.82 Å². The molecule has 12 heteroatoms. The predicted molar refractivity (Wildman–Crippen MR) is 122 cm³/mol. The van der Waals surface area contributed by atoms with Crippen LogP contribution >= 0.6 is 0 Å². The second-order valence-corrected chi connectivity index (χ2v) is 8.52. The van der Waals surface area contributed by atoms with Crippen molar-refractivity contribution in [3.63, 3.8) is 0 Å². The lowest BCUT2D eigenvalue weighted by Crippen LogP contribution is -2.37. The Hall–Kier alpha value is -3.38. The van der Waals surface area contributed by atoms with Gasteiger partial charge in [-0.05, 0) is 18.6 Å². The number of morpholine rings is 1. The Morgan fingerprint density at radius 3 is 2.74 bits per heavy atom. The van der Waals surface area contributed by atoms with E-state index in [1.807, 2.05) is 4.90 Å². The van der Waals surface area contributed by atoms with E-state index in [2.05, 4.69) is 15.0 Å². The molecule has 0 unspecified atom stereocenters. The molecule has 1 N–H and O–H groups in total. The van der Waals surface area contributed by atoms with Crippen LogP contribution in [0.5, 0.6) is 5.88 Å². The number of ether oxygens (including phenoxy) is 2. The third-order valence-electron chi connectivity index (χ3n) is 6.22. The number of aromatic nitrogens is 4. The number of rotatable bonds is 7. The molecule has 1 aromatic carbocycles. The first-order valence-electron chi connectivity index (χ1n) is 11.5. The molecule has 1 amide bonds. The average molecular weight is 488 g/mol. The van der Waals surface area contributed by atoms with Crippen LogP contribution < -0.4 is 9.64 Å². The van der Waals surface area contributed by atoms with Gasteiger partial charge in [-0.3, -0.25) is 9.36 Å². The second-order valence-electron chi connectivity index (χ2n) is 8.52. The number of amides is 1. The molecule has 1 atom stereocenters. The molecule has 4 heterocycles. The molecule has 2 aromatic heterocycles. The molecule has 10 nitrogen and oxygen atoms in total. The normalized spacial score (nSPS) is 18.6. The summed E-state index contributed by atoms with van der Waals surface area (Å²) >= 11 is 0. The standard InChI is InChI=1S/C23H26F2N6O4/c24-21(25)22-26-16-3-1-2-4-17(16)31(22)18-11-19(28-23(27-18)29-7-9-34-10-8-29)35-14-15-5-6-30(12-15)20(33)13-32/h1-4,11,15,21,32H,5-10,12-14H2/t15-/m0/s1. The lowest BCUT2D eigenvalue weighted by molar-refractivity contribution is -0.133. The fourth-order valence-electron chi connectivity index (χ4n) is 4.42. The van der Waals surface area contributed by atoms with E-state index in [1.54, 1.807) is 29.2 Å². The molecule has 2 aliphatic heterocycles. The fourth-order valence-corrected chi connectivity index (χ4v) is 4.42. The summed E-state index contributed by atoms with van der Waals surface area (Å²) in [5.41, 5.74) is 0.950. The molecule has 35 heavy (non-hydrogen) atoms. The average Bonchev–Trinajstić information content (AvgIpc) is 3.52. The highest BCUT2D eigenvalue weighted by atomic mass is 19.3.